The number of benzene rings is 2. The largest absolute Gasteiger partial charge is 0.269 e. The van der Waals surface area contributed by atoms with E-state index in [0.29, 0.717) is 10.9 Å². The van der Waals surface area contributed by atoms with Crippen LogP contribution >= 0.6 is 11.8 Å². The molecule has 0 atom stereocenters. The second kappa shape index (κ2) is 7.02. The van der Waals surface area contributed by atoms with Gasteiger partial charge in [0.25, 0.3) is 15.9 Å². The van der Waals surface area contributed by atoms with Crippen LogP contribution in [0.2, 0.25) is 0 Å². The molecule has 0 saturated heterocycles. The fourth-order valence-corrected chi connectivity index (χ4v) is 5.63. The van der Waals surface area contributed by atoms with Gasteiger partial charge < -0.3 is 0 Å². The molecule has 0 unspecified atom stereocenters. The first-order valence-electron chi connectivity index (χ1n) is 8.54. The summed E-state index contributed by atoms with van der Waals surface area (Å²) in [5, 5.41) is 12.3. The summed E-state index contributed by atoms with van der Waals surface area (Å²) in [6, 6.07) is 12.2. The fourth-order valence-electron chi connectivity index (χ4n) is 3.14. The van der Waals surface area contributed by atoms with E-state index in [4.69, 9.17) is 0 Å². The van der Waals surface area contributed by atoms with E-state index >= 15 is 0 Å². The number of thioether (sulfide) groups is 1. The number of hydrogen-bond donors (Lipinski definition) is 0. The third-order valence-electron chi connectivity index (χ3n) is 4.46. The molecule has 2 heterocycles. The first kappa shape index (κ1) is 18.6. The quantitative estimate of drug-likeness (QED) is 0.589. The summed E-state index contributed by atoms with van der Waals surface area (Å²) in [5.41, 5.74) is 3.24. The molecule has 1 aromatic heterocycles. The van der Waals surface area contributed by atoms with Crippen molar-refractivity contribution in [1.82, 2.24) is 24.5 Å². The van der Waals surface area contributed by atoms with Crippen molar-refractivity contribution in [2.24, 2.45) is 0 Å². The van der Waals surface area contributed by atoms with Crippen molar-refractivity contribution >= 4 is 27.7 Å². The molecular formula is C18H17N5O3S2. The molecule has 3 aromatic rings. The van der Waals surface area contributed by atoms with Crippen molar-refractivity contribution < 1.29 is 13.2 Å². The Kier molecular flexibility index (Phi) is 4.68. The third-order valence-corrected chi connectivity index (χ3v) is 7.20. The molecule has 1 aliphatic rings. The number of amides is 1. The number of fused-ring (bicyclic) bond motifs is 1. The zero-order valence-electron chi connectivity index (χ0n) is 15.2. The minimum atomic E-state index is -3.80. The van der Waals surface area contributed by atoms with Crippen molar-refractivity contribution in [3.8, 4) is 5.69 Å². The molecule has 1 amide bonds. The lowest BCUT2D eigenvalue weighted by atomic mass is 10.1. The molecule has 0 saturated carbocycles. The number of aromatic nitrogens is 4. The molecule has 2 aromatic carbocycles. The Morgan fingerprint density at radius 3 is 2.64 bits per heavy atom. The number of aryl methyl sites for hydroxylation is 2. The van der Waals surface area contributed by atoms with E-state index in [1.54, 1.807) is 16.8 Å². The van der Waals surface area contributed by atoms with Crippen LogP contribution in [0.25, 0.3) is 5.69 Å². The highest BCUT2D eigenvalue weighted by atomic mass is 32.2. The molecule has 0 aliphatic carbocycles. The fraction of sp³-hybridized carbons (Fsp3) is 0.222. The average molecular weight is 416 g/mol. The van der Waals surface area contributed by atoms with Crippen LogP contribution in [0.15, 0.2) is 52.5 Å². The van der Waals surface area contributed by atoms with Gasteiger partial charge in [0.05, 0.1) is 11.3 Å². The predicted octanol–water partition coefficient (Wildman–Crippen LogP) is 2.22. The maximum absolute atomic E-state index is 12.6. The molecule has 4 rings (SSSR count). The van der Waals surface area contributed by atoms with Gasteiger partial charge in [0.15, 0.2) is 0 Å². The summed E-state index contributed by atoms with van der Waals surface area (Å²) >= 11 is 1.30. The van der Waals surface area contributed by atoms with Crippen LogP contribution in [-0.2, 0) is 10.0 Å². The first-order valence-corrected chi connectivity index (χ1v) is 11.0. The zero-order valence-corrected chi connectivity index (χ0v) is 16.9. The molecule has 0 radical (unpaired) electrons. The highest BCUT2D eigenvalue weighted by molar-refractivity contribution is 7.99. The molecule has 0 bridgehead atoms. The molecule has 0 N–H and O–H groups in total. The van der Waals surface area contributed by atoms with Gasteiger partial charge >= 0.3 is 0 Å². The van der Waals surface area contributed by atoms with Crippen LogP contribution in [0.3, 0.4) is 0 Å². The first-order chi connectivity index (χ1) is 13.4. The van der Waals surface area contributed by atoms with Gasteiger partial charge in [0, 0.05) is 12.3 Å². The van der Waals surface area contributed by atoms with Crippen molar-refractivity contribution in [2.75, 3.05) is 12.3 Å². The smallest absolute Gasteiger partial charge is 0.268 e. The van der Waals surface area contributed by atoms with Crippen molar-refractivity contribution in [3.05, 3.63) is 59.2 Å². The monoisotopic (exact) mass is 415 g/mol. The van der Waals surface area contributed by atoms with E-state index < -0.39 is 15.9 Å². The van der Waals surface area contributed by atoms with Crippen LogP contribution in [0.4, 0.5) is 0 Å². The molecule has 8 nitrogen and oxygen atoms in total. The van der Waals surface area contributed by atoms with Gasteiger partial charge in [-0.3, -0.25) is 4.79 Å². The number of nitrogens with zero attached hydrogens (tertiary/aromatic N) is 5. The molecule has 144 valence electrons. The Labute approximate surface area is 166 Å². The van der Waals surface area contributed by atoms with E-state index in [1.807, 2.05) is 32.0 Å². The number of sulfonamides is 1. The van der Waals surface area contributed by atoms with Gasteiger partial charge in [-0.2, -0.15) is 4.68 Å². The molecule has 1 aliphatic heterocycles. The summed E-state index contributed by atoms with van der Waals surface area (Å²) in [7, 11) is -3.80. The second-order valence-corrected chi connectivity index (χ2v) is 9.28. The van der Waals surface area contributed by atoms with Crippen molar-refractivity contribution in [3.63, 3.8) is 0 Å². The zero-order chi connectivity index (χ0) is 19.9. The molecule has 10 heteroatoms. The normalized spacial score (nSPS) is 15.1. The number of carbonyl (C=O) groups excluding carboxylic acids is 1. The Morgan fingerprint density at radius 1 is 1.11 bits per heavy atom. The van der Waals surface area contributed by atoms with Gasteiger partial charge in [-0.25, -0.2) is 12.7 Å². The predicted molar refractivity (Wildman–Crippen MR) is 104 cm³/mol. The van der Waals surface area contributed by atoms with E-state index in [2.05, 4.69) is 15.5 Å². The van der Waals surface area contributed by atoms with Crippen LogP contribution in [0, 0.1) is 13.8 Å². The SMILES string of the molecule is Cc1ccc(-n2nnnc2SCCN2C(=O)c3ccccc3S2(=O)=O)c(C)c1. The lowest BCUT2D eigenvalue weighted by Gasteiger charge is -2.14. The van der Waals surface area contributed by atoms with Gasteiger partial charge in [0.2, 0.25) is 5.16 Å². The number of tetrazole rings is 1. The maximum Gasteiger partial charge on any atom is 0.269 e. The maximum atomic E-state index is 12.6. The summed E-state index contributed by atoms with van der Waals surface area (Å²) in [6.45, 7) is 4.03. The average Bonchev–Trinajstić information content (AvgIpc) is 3.19. The topological polar surface area (TPSA) is 98.1 Å². The van der Waals surface area contributed by atoms with E-state index in [9.17, 15) is 13.2 Å². The molecule has 0 fully saturated rings. The van der Waals surface area contributed by atoms with E-state index in [1.165, 1.54) is 23.9 Å². The number of rotatable bonds is 5. The number of carbonyl (C=O) groups is 1. The van der Waals surface area contributed by atoms with Crippen LogP contribution in [-0.4, -0.2) is 51.1 Å². The van der Waals surface area contributed by atoms with Crippen LogP contribution < -0.4 is 0 Å². The molecular weight excluding hydrogens is 398 g/mol. The lowest BCUT2D eigenvalue weighted by molar-refractivity contribution is 0.0876. The highest BCUT2D eigenvalue weighted by Crippen LogP contribution is 2.30. The third kappa shape index (κ3) is 3.08. The molecule has 28 heavy (non-hydrogen) atoms. The van der Waals surface area contributed by atoms with Gasteiger partial charge in [-0.1, -0.05) is 41.6 Å². The van der Waals surface area contributed by atoms with Crippen molar-refractivity contribution in [1.29, 1.82) is 0 Å². The lowest BCUT2D eigenvalue weighted by Crippen LogP contribution is -2.32. The van der Waals surface area contributed by atoms with Gasteiger partial charge in [-0.05, 0) is 48.0 Å². The second-order valence-electron chi connectivity index (χ2n) is 6.39. The van der Waals surface area contributed by atoms with Gasteiger partial charge in [0.1, 0.15) is 4.90 Å². The number of hydrogen-bond acceptors (Lipinski definition) is 7. The Bertz CT molecular complexity index is 1170. The summed E-state index contributed by atoms with van der Waals surface area (Å²) in [4.78, 5) is 12.5. The minimum Gasteiger partial charge on any atom is -0.268 e. The summed E-state index contributed by atoms with van der Waals surface area (Å²) < 4.78 is 27.7. The minimum absolute atomic E-state index is 0.0419. The summed E-state index contributed by atoms with van der Waals surface area (Å²) in [5.74, 6) is -0.158. The van der Waals surface area contributed by atoms with Gasteiger partial charge in [-0.15, -0.1) is 5.10 Å². The Hall–Kier alpha value is -2.72. The highest BCUT2D eigenvalue weighted by Gasteiger charge is 2.40. The summed E-state index contributed by atoms with van der Waals surface area (Å²) in [6.07, 6.45) is 0. The standard InChI is InChI=1S/C18H17N5O3S2/c1-12-7-8-15(13(2)11-12)23-18(19-20-21-23)27-10-9-22-17(24)14-5-3-4-6-16(14)28(22,25)26/h3-8,11H,9-10H2,1-2H3. The van der Waals surface area contributed by atoms with E-state index in [-0.39, 0.29) is 17.0 Å². The van der Waals surface area contributed by atoms with Crippen molar-refractivity contribution in [2.45, 2.75) is 23.9 Å². The van der Waals surface area contributed by atoms with Crippen LogP contribution in [0.5, 0.6) is 0 Å². The van der Waals surface area contributed by atoms with Crippen LogP contribution in [0.1, 0.15) is 21.5 Å². The molecule has 0 spiro atoms. The Balaban J connectivity index is 1.51. The Morgan fingerprint density at radius 2 is 1.89 bits per heavy atom. The van der Waals surface area contributed by atoms with E-state index in [0.717, 1.165) is 21.1 Å².